The maximum Gasteiger partial charge on any atom is 0.352 e. The monoisotopic (exact) mass is 166 g/mol. The van der Waals surface area contributed by atoms with Gasteiger partial charge in [0.2, 0.25) is 0 Å². The van der Waals surface area contributed by atoms with Crippen LogP contribution in [-0.2, 0) is 21.6 Å². The zero-order chi connectivity index (χ0) is 9.40. The molecule has 0 atom stereocenters. The maximum atomic E-state index is 10.1. The van der Waals surface area contributed by atoms with Gasteiger partial charge in [-0.3, -0.25) is 0 Å². The van der Waals surface area contributed by atoms with Crippen molar-refractivity contribution < 1.29 is 15.0 Å². The summed E-state index contributed by atoms with van der Waals surface area (Å²) in [5, 5.41) is 19.0. The highest BCUT2D eigenvalue weighted by atomic mass is 16.4. The van der Waals surface area contributed by atoms with Gasteiger partial charge in [0, 0.05) is 6.92 Å². The number of carbonyl (C=O) groups excluding carboxylic acids is 1. The fourth-order valence-corrected chi connectivity index (χ4v) is 0.574. The molecule has 0 aromatic heterocycles. The van der Waals surface area contributed by atoms with Gasteiger partial charge >= 0.3 is 5.97 Å². The summed E-state index contributed by atoms with van der Waals surface area (Å²) in [6, 6.07) is 9.29. The van der Waals surface area contributed by atoms with Crippen LogP contribution in [0, 0.1) is 0 Å². The van der Waals surface area contributed by atoms with Crippen LogP contribution in [0.3, 0.4) is 0 Å². The second kappa shape index (κ2) is 6.37. The van der Waals surface area contributed by atoms with Crippen LogP contribution in [0.2, 0.25) is 0 Å². The normalized spacial score (nSPS) is 8.17. The third kappa shape index (κ3) is 6.77. The van der Waals surface area contributed by atoms with Crippen LogP contribution in [0.5, 0.6) is 0 Å². The first-order valence-electron chi connectivity index (χ1n) is 3.46. The van der Waals surface area contributed by atoms with Crippen molar-refractivity contribution in [3.05, 3.63) is 35.9 Å². The van der Waals surface area contributed by atoms with Gasteiger partial charge in [-0.05, 0) is 5.56 Å². The van der Waals surface area contributed by atoms with Gasteiger partial charge in [0.25, 0.3) is 0 Å². The molecule has 0 aliphatic heterocycles. The molecule has 0 N–H and O–H groups in total. The Morgan fingerprint density at radius 1 is 1.25 bits per heavy atom. The Morgan fingerprint density at radius 2 is 1.67 bits per heavy atom. The van der Waals surface area contributed by atoms with Gasteiger partial charge < -0.3 is 0 Å². The van der Waals surface area contributed by atoms with E-state index < -0.39 is 5.97 Å². The minimum absolute atomic E-state index is 0.110. The third-order valence-electron chi connectivity index (χ3n) is 1.01. The Hall–Kier alpha value is -1.35. The van der Waals surface area contributed by atoms with Gasteiger partial charge in [-0.15, -0.1) is 0 Å². The van der Waals surface area contributed by atoms with E-state index in [0.717, 1.165) is 12.5 Å². The molecule has 0 saturated carbocycles. The molecule has 0 amide bonds. The van der Waals surface area contributed by atoms with E-state index in [2.05, 4.69) is 0 Å². The summed E-state index contributed by atoms with van der Waals surface area (Å²) in [7, 11) is 0. The summed E-state index contributed by atoms with van der Waals surface area (Å²) in [4.78, 5) is 8.89. The van der Waals surface area contributed by atoms with Gasteiger partial charge in [-0.2, -0.15) is 0 Å². The summed E-state index contributed by atoms with van der Waals surface area (Å²) < 4.78 is 0. The molecule has 12 heavy (non-hydrogen) atoms. The highest BCUT2D eigenvalue weighted by molar-refractivity contribution is 5.62. The largest absolute Gasteiger partial charge is 0.352 e. The molecular formula is C9H10O3. The molecule has 1 aromatic carbocycles. The summed E-state index contributed by atoms with van der Waals surface area (Å²) in [5.74, 6) is -1.08. The minimum atomic E-state index is -1.08. The van der Waals surface area contributed by atoms with E-state index in [0.29, 0.717) is 0 Å². The average molecular weight is 166 g/mol. The van der Waals surface area contributed by atoms with E-state index in [1.807, 2.05) is 30.3 Å². The maximum absolute atomic E-state index is 10.1. The predicted molar refractivity (Wildman–Crippen MR) is 42.2 cm³/mol. The fraction of sp³-hybridized carbons (Fsp3) is 0.222. The molecule has 0 aliphatic rings. The minimum Gasteiger partial charge on any atom is -0.248 e. The Balaban J connectivity index is 0.000000261. The van der Waals surface area contributed by atoms with Crippen molar-refractivity contribution in [2.45, 2.75) is 13.5 Å². The van der Waals surface area contributed by atoms with Crippen molar-refractivity contribution in [1.29, 1.82) is 0 Å². The lowest BCUT2D eigenvalue weighted by atomic mass is 10.2. The first-order valence-corrected chi connectivity index (χ1v) is 3.46. The molecule has 0 bridgehead atoms. The third-order valence-corrected chi connectivity index (χ3v) is 1.01. The molecule has 0 heterocycles. The highest BCUT2D eigenvalue weighted by Crippen LogP contribution is 1.95. The van der Waals surface area contributed by atoms with E-state index >= 15 is 0 Å². The summed E-state index contributed by atoms with van der Waals surface area (Å²) in [6.45, 7) is 0.862. The Labute approximate surface area is 71.3 Å². The molecule has 0 saturated heterocycles. The molecular weight excluding hydrogens is 156 g/mol. The van der Waals surface area contributed by atoms with Crippen molar-refractivity contribution in [2.24, 2.45) is 0 Å². The molecule has 1 aromatic rings. The fourth-order valence-electron chi connectivity index (χ4n) is 0.574. The molecule has 0 spiro atoms. The SMILES string of the molecule is CC([O])=O.[O]Cc1ccccc1. The molecule has 3 heteroatoms. The predicted octanol–water partition coefficient (Wildman–Crippen LogP) is 1.58. The molecule has 0 fully saturated rings. The zero-order valence-electron chi connectivity index (χ0n) is 6.82. The van der Waals surface area contributed by atoms with E-state index in [4.69, 9.17) is 9.90 Å². The van der Waals surface area contributed by atoms with Crippen molar-refractivity contribution in [1.82, 2.24) is 0 Å². The summed E-state index contributed by atoms with van der Waals surface area (Å²) >= 11 is 0. The van der Waals surface area contributed by atoms with Crippen molar-refractivity contribution in [3.63, 3.8) is 0 Å². The number of hydrogen-bond donors (Lipinski definition) is 0. The molecule has 1 rings (SSSR count). The molecule has 0 unspecified atom stereocenters. The molecule has 0 aliphatic carbocycles. The van der Waals surface area contributed by atoms with Crippen LogP contribution in [-0.4, -0.2) is 5.97 Å². The van der Waals surface area contributed by atoms with Gasteiger partial charge in [-0.25, -0.2) is 15.0 Å². The second-order valence-corrected chi connectivity index (χ2v) is 2.12. The lowest BCUT2D eigenvalue weighted by molar-refractivity contribution is -0.140. The lowest BCUT2D eigenvalue weighted by Gasteiger charge is -1.87. The molecule has 64 valence electrons. The molecule has 2 radical (unpaired) electrons. The topological polar surface area (TPSA) is 56.9 Å². The quantitative estimate of drug-likeness (QED) is 0.624. The van der Waals surface area contributed by atoms with Gasteiger partial charge in [0.1, 0.15) is 6.61 Å². The van der Waals surface area contributed by atoms with Crippen molar-refractivity contribution >= 4 is 5.97 Å². The number of hydrogen-bond acceptors (Lipinski definition) is 1. The van der Waals surface area contributed by atoms with Crippen LogP contribution >= 0.6 is 0 Å². The second-order valence-electron chi connectivity index (χ2n) is 2.12. The summed E-state index contributed by atoms with van der Waals surface area (Å²) in [6.07, 6.45) is 0. The lowest BCUT2D eigenvalue weighted by Crippen LogP contribution is -1.75. The van der Waals surface area contributed by atoms with Gasteiger partial charge in [0.05, 0.1) is 0 Å². The van der Waals surface area contributed by atoms with Crippen molar-refractivity contribution in [2.75, 3.05) is 0 Å². The van der Waals surface area contributed by atoms with E-state index in [1.165, 1.54) is 0 Å². The first-order chi connectivity index (χ1) is 5.66. The smallest absolute Gasteiger partial charge is 0.248 e. The van der Waals surface area contributed by atoms with Crippen LogP contribution in [0.1, 0.15) is 12.5 Å². The zero-order valence-corrected chi connectivity index (χ0v) is 6.82. The van der Waals surface area contributed by atoms with Crippen molar-refractivity contribution in [3.8, 4) is 0 Å². The van der Waals surface area contributed by atoms with Gasteiger partial charge in [-0.1, -0.05) is 30.3 Å². The Kier molecular flexibility index (Phi) is 5.65. The standard InChI is InChI=1S/C7H7O.C2H3O2/c8-6-7-4-2-1-3-5-7;1-2(3)4/h1-5H,6H2;1H3. The van der Waals surface area contributed by atoms with E-state index in [1.54, 1.807) is 0 Å². The summed E-state index contributed by atoms with van der Waals surface area (Å²) in [5.41, 5.74) is 0.854. The Bertz CT molecular complexity index is 214. The van der Waals surface area contributed by atoms with Crippen LogP contribution in [0.4, 0.5) is 0 Å². The van der Waals surface area contributed by atoms with Gasteiger partial charge in [0.15, 0.2) is 0 Å². The van der Waals surface area contributed by atoms with Crippen LogP contribution in [0.15, 0.2) is 30.3 Å². The number of rotatable bonds is 1. The first kappa shape index (κ1) is 10.7. The highest BCUT2D eigenvalue weighted by Gasteiger charge is 1.82. The average Bonchev–Trinajstić information content (AvgIpc) is 2.05. The number of benzene rings is 1. The van der Waals surface area contributed by atoms with E-state index in [9.17, 15) is 5.11 Å². The number of carbonyl (C=O) groups is 1. The van der Waals surface area contributed by atoms with Crippen LogP contribution < -0.4 is 0 Å². The Morgan fingerprint density at radius 3 is 1.92 bits per heavy atom. The molecule has 3 nitrogen and oxygen atoms in total. The van der Waals surface area contributed by atoms with Crippen LogP contribution in [0.25, 0.3) is 0 Å². The van der Waals surface area contributed by atoms with E-state index in [-0.39, 0.29) is 6.61 Å².